The molecule has 3 aromatic rings. The van der Waals surface area contributed by atoms with E-state index >= 15 is 0 Å². The van der Waals surface area contributed by atoms with E-state index in [1.165, 1.54) is 47.2 Å². The van der Waals surface area contributed by atoms with Crippen molar-refractivity contribution in [1.82, 2.24) is 9.88 Å². The molecule has 0 saturated carbocycles. The van der Waals surface area contributed by atoms with Crippen LogP contribution in [0.5, 0.6) is 0 Å². The van der Waals surface area contributed by atoms with Crippen LogP contribution >= 0.6 is 11.3 Å². The monoisotopic (exact) mass is 339 g/mol. The molecule has 4 nitrogen and oxygen atoms in total. The fraction of sp³-hybridized carbons (Fsp3) is 0.316. The zero-order valence-corrected chi connectivity index (χ0v) is 14.5. The highest BCUT2D eigenvalue weighted by molar-refractivity contribution is 7.17. The van der Waals surface area contributed by atoms with Gasteiger partial charge in [-0.25, -0.2) is 0 Å². The van der Waals surface area contributed by atoms with Gasteiger partial charge in [0.05, 0.1) is 4.88 Å². The number of amides is 1. The topological polar surface area (TPSA) is 62.1 Å². The summed E-state index contributed by atoms with van der Waals surface area (Å²) in [4.78, 5) is 18.9. The zero-order chi connectivity index (χ0) is 16.7. The van der Waals surface area contributed by atoms with Crippen LogP contribution in [0, 0.1) is 0 Å². The normalized spacial score (nSPS) is 18.5. The summed E-state index contributed by atoms with van der Waals surface area (Å²) in [5.41, 5.74) is 9.05. The van der Waals surface area contributed by atoms with E-state index < -0.39 is 0 Å². The molecule has 4 rings (SSSR count). The van der Waals surface area contributed by atoms with Gasteiger partial charge in [-0.3, -0.25) is 4.79 Å². The fourth-order valence-corrected chi connectivity index (χ4v) is 4.47. The lowest BCUT2D eigenvalue weighted by Crippen LogP contribution is -2.26. The standard InChI is InChI=1S/C19H21N3OS/c1-22-8-2-3-14(22)9-13-11-21-16-5-4-12(10-15(13)16)17-6-7-18(24-17)19(20)23/h4-7,10-11,14,21H,2-3,8-9H2,1H3,(H2,20,23)/t14-/m1/s1. The molecule has 0 unspecified atom stereocenters. The lowest BCUT2D eigenvalue weighted by atomic mass is 10.0. The summed E-state index contributed by atoms with van der Waals surface area (Å²) in [6.45, 7) is 1.20. The maximum atomic E-state index is 11.3. The molecule has 0 radical (unpaired) electrons. The highest BCUT2D eigenvalue weighted by Gasteiger charge is 2.22. The molecule has 0 bridgehead atoms. The van der Waals surface area contributed by atoms with Crippen LogP contribution in [0.2, 0.25) is 0 Å². The van der Waals surface area contributed by atoms with Gasteiger partial charge in [-0.2, -0.15) is 0 Å². The summed E-state index contributed by atoms with van der Waals surface area (Å²) in [7, 11) is 2.22. The molecular formula is C19H21N3OS. The van der Waals surface area contributed by atoms with Crippen molar-refractivity contribution in [3.63, 3.8) is 0 Å². The van der Waals surface area contributed by atoms with Crippen molar-refractivity contribution >= 4 is 28.1 Å². The smallest absolute Gasteiger partial charge is 0.258 e. The van der Waals surface area contributed by atoms with Crippen molar-refractivity contribution in [3.05, 3.63) is 47.0 Å². The molecule has 3 N–H and O–H groups in total. The molecule has 2 aromatic heterocycles. The Morgan fingerprint density at radius 2 is 2.25 bits per heavy atom. The highest BCUT2D eigenvalue weighted by atomic mass is 32.1. The predicted molar refractivity (Wildman–Crippen MR) is 99.5 cm³/mol. The summed E-state index contributed by atoms with van der Waals surface area (Å²) < 4.78 is 0. The summed E-state index contributed by atoms with van der Waals surface area (Å²) >= 11 is 1.45. The number of thiophene rings is 1. The van der Waals surface area contributed by atoms with Gasteiger partial charge < -0.3 is 15.6 Å². The first-order chi connectivity index (χ1) is 11.6. The van der Waals surface area contributed by atoms with Crippen molar-refractivity contribution in [3.8, 4) is 10.4 Å². The third-order valence-electron chi connectivity index (χ3n) is 5.03. The van der Waals surface area contributed by atoms with Crippen LogP contribution in [0.4, 0.5) is 0 Å². The van der Waals surface area contributed by atoms with Crippen LogP contribution < -0.4 is 5.73 Å². The molecule has 3 heterocycles. The molecule has 24 heavy (non-hydrogen) atoms. The van der Waals surface area contributed by atoms with Crippen LogP contribution in [0.1, 0.15) is 28.1 Å². The van der Waals surface area contributed by atoms with Gasteiger partial charge in [-0.15, -0.1) is 11.3 Å². The minimum atomic E-state index is -0.362. The van der Waals surface area contributed by atoms with Gasteiger partial charge in [0.1, 0.15) is 0 Å². The number of benzene rings is 1. The Hall–Kier alpha value is -2.11. The van der Waals surface area contributed by atoms with E-state index in [1.807, 2.05) is 6.07 Å². The molecule has 1 saturated heterocycles. The lowest BCUT2D eigenvalue weighted by molar-refractivity contribution is 0.100. The fourth-order valence-electron chi connectivity index (χ4n) is 3.62. The number of fused-ring (bicyclic) bond motifs is 1. The van der Waals surface area contributed by atoms with Crippen molar-refractivity contribution in [2.24, 2.45) is 5.73 Å². The summed E-state index contributed by atoms with van der Waals surface area (Å²) in [5.74, 6) is -0.362. The number of hydrogen-bond acceptors (Lipinski definition) is 3. The lowest BCUT2D eigenvalue weighted by Gasteiger charge is -2.18. The SMILES string of the molecule is CN1CCC[C@@H]1Cc1c[nH]c2ccc(-c3ccc(C(N)=O)s3)cc12. The Labute approximate surface area is 145 Å². The van der Waals surface area contributed by atoms with Gasteiger partial charge in [0.2, 0.25) is 0 Å². The average molecular weight is 339 g/mol. The number of carbonyl (C=O) groups excluding carboxylic acids is 1. The zero-order valence-electron chi connectivity index (χ0n) is 13.7. The van der Waals surface area contributed by atoms with Crippen LogP contribution in [0.3, 0.4) is 0 Å². The maximum Gasteiger partial charge on any atom is 0.258 e. The molecule has 124 valence electrons. The van der Waals surface area contributed by atoms with Gasteiger partial charge in [0.25, 0.3) is 5.91 Å². The molecule has 1 aliphatic heterocycles. The number of nitrogens with one attached hydrogen (secondary N) is 1. The van der Waals surface area contributed by atoms with Crippen LogP contribution in [0.15, 0.2) is 36.5 Å². The third-order valence-corrected chi connectivity index (χ3v) is 6.18. The molecule has 1 amide bonds. The molecule has 0 spiro atoms. The number of aromatic nitrogens is 1. The first kappa shape index (κ1) is 15.4. The molecule has 1 aromatic carbocycles. The highest BCUT2D eigenvalue weighted by Crippen LogP contribution is 2.32. The molecule has 5 heteroatoms. The second-order valence-electron chi connectivity index (χ2n) is 6.58. The predicted octanol–water partition coefficient (Wildman–Crippen LogP) is 3.63. The minimum Gasteiger partial charge on any atom is -0.365 e. The number of nitrogens with two attached hydrogens (primary N) is 1. The maximum absolute atomic E-state index is 11.3. The third kappa shape index (κ3) is 2.74. The van der Waals surface area contributed by atoms with E-state index in [9.17, 15) is 4.79 Å². The van der Waals surface area contributed by atoms with E-state index in [4.69, 9.17) is 5.73 Å². The van der Waals surface area contributed by atoms with E-state index in [0.29, 0.717) is 10.9 Å². The molecule has 0 aliphatic carbocycles. The second-order valence-corrected chi connectivity index (χ2v) is 7.67. The quantitative estimate of drug-likeness (QED) is 0.762. The first-order valence-electron chi connectivity index (χ1n) is 8.32. The number of primary amides is 1. The number of aromatic amines is 1. The Bertz CT molecular complexity index is 895. The van der Waals surface area contributed by atoms with Gasteiger partial charge in [-0.1, -0.05) is 6.07 Å². The average Bonchev–Trinajstić information content (AvgIpc) is 3.28. The summed E-state index contributed by atoms with van der Waals surface area (Å²) in [5, 5.41) is 1.28. The van der Waals surface area contributed by atoms with Crippen molar-refractivity contribution < 1.29 is 4.79 Å². The number of likely N-dealkylation sites (tertiary alicyclic amines) is 1. The Kier molecular flexibility index (Phi) is 3.90. The number of carbonyl (C=O) groups is 1. The Balaban J connectivity index is 1.68. The minimum absolute atomic E-state index is 0.362. The number of rotatable bonds is 4. The Morgan fingerprint density at radius 1 is 1.38 bits per heavy atom. The van der Waals surface area contributed by atoms with Crippen LogP contribution in [-0.4, -0.2) is 35.4 Å². The van der Waals surface area contributed by atoms with Crippen molar-refractivity contribution in [1.29, 1.82) is 0 Å². The van der Waals surface area contributed by atoms with Gasteiger partial charge in [-0.05, 0) is 68.2 Å². The molecule has 1 atom stereocenters. The van der Waals surface area contributed by atoms with Gasteiger partial charge >= 0.3 is 0 Å². The van der Waals surface area contributed by atoms with Gasteiger partial charge in [0.15, 0.2) is 0 Å². The van der Waals surface area contributed by atoms with Crippen LogP contribution in [0.25, 0.3) is 21.3 Å². The summed E-state index contributed by atoms with van der Waals surface area (Å²) in [6, 6.07) is 10.9. The second kappa shape index (κ2) is 6.07. The number of H-pyrrole nitrogens is 1. The molecular weight excluding hydrogens is 318 g/mol. The Morgan fingerprint density at radius 3 is 2.96 bits per heavy atom. The number of nitrogens with zero attached hydrogens (tertiary/aromatic N) is 1. The number of likely N-dealkylation sites (N-methyl/N-ethyl adjacent to an activating group) is 1. The van der Waals surface area contributed by atoms with Crippen LogP contribution in [-0.2, 0) is 6.42 Å². The molecule has 1 aliphatic rings. The van der Waals surface area contributed by atoms with E-state index in [0.717, 1.165) is 16.9 Å². The van der Waals surface area contributed by atoms with E-state index in [2.05, 4.69) is 41.3 Å². The first-order valence-corrected chi connectivity index (χ1v) is 9.14. The molecule has 1 fully saturated rings. The largest absolute Gasteiger partial charge is 0.365 e. The number of hydrogen-bond donors (Lipinski definition) is 2. The van der Waals surface area contributed by atoms with Gasteiger partial charge in [0, 0.05) is 28.0 Å². The van der Waals surface area contributed by atoms with E-state index in [-0.39, 0.29) is 5.91 Å². The van der Waals surface area contributed by atoms with E-state index in [1.54, 1.807) is 6.07 Å². The summed E-state index contributed by atoms with van der Waals surface area (Å²) in [6.07, 6.45) is 5.79. The van der Waals surface area contributed by atoms with Crippen molar-refractivity contribution in [2.45, 2.75) is 25.3 Å². The van der Waals surface area contributed by atoms with Crippen molar-refractivity contribution in [2.75, 3.05) is 13.6 Å².